The SMILES string of the molecule is O=C(Nc1nc2c(C(F)(F)F)cccc2s1)C1CC=CCC1. The van der Waals surface area contributed by atoms with Crippen LogP contribution in [0.25, 0.3) is 10.2 Å². The molecule has 0 bridgehead atoms. The van der Waals surface area contributed by atoms with Gasteiger partial charge in [0.1, 0.15) is 0 Å². The molecule has 1 aromatic carbocycles. The van der Waals surface area contributed by atoms with Gasteiger partial charge in [-0.15, -0.1) is 0 Å². The first kappa shape index (κ1) is 15.0. The van der Waals surface area contributed by atoms with Crippen LogP contribution in [0.2, 0.25) is 0 Å². The number of fused-ring (bicyclic) bond motifs is 1. The molecule has 0 fully saturated rings. The number of thiazole rings is 1. The fraction of sp³-hybridized carbons (Fsp3) is 0.333. The monoisotopic (exact) mass is 326 g/mol. The van der Waals surface area contributed by atoms with Crippen LogP contribution in [0, 0.1) is 5.92 Å². The highest BCUT2D eigenvalue weighted by Crippen LogP contribution is 2.37. The van der Waals surface area contributed by atoms with E-state index in [9.17, 15) is 18.0 Å². The Kier molecular flexibility index (Phi) is 3.90. The van der Waals surface area contributed by atoms with Gasteiger partial charge in [0.25, 0.3) is 0 Å². The van der Waals surface area contributed by atoms with Gasteiger partial charge in [0.15, 0.2) is 5.13 Å². The number of halogens is 3. The Morgan fingerprint density at radius 3 is 2.82 bits per heavy atom. The van der Waals surface area contributed by atoms with Gasteiger partial charge in [0.2, 0.25) is 5.91 Å². The van der Waals surface area contributed by atoms with Crippen LogP contribution in [0.5, 0.6) is 0 Å². The Morgan fingerprint density at radius 1 is 1.32 bits per heavy atom. The summed E-state index contributed by atoms with van der Waals surface area (Å²) in [7, 11) is 0. The highest BCUT2D eigenvalue weighted by molar-refractivity contribution is 7.22. The van der Waals surface area contributed by atoms with Gasteiger partial charge in [-0.25, -0.2) is 4.98 Å². The molecule has 22 heavy (non-hydrogen) atoms. The van der Waals surface area contributed by atoms with Crippen LogP contribution in [-0.2, 0) is 11.0 Å². The average Bonchev–Trinajstić information content (AvgIpc) is 2.89. The van der Waals surface area contributed by atoms with E-state index in [0.29, 0.717) is 11.1 Å². The topological polar surface area (TPSA) is 42.0 Å². The van der Waals surface area contributed by atoms with E-state index in [1.54, 1.807) is 6.07 Å². The van der Waals surface area contributed by atoms with Crippen LogP contribution >= 0.6 is 11.3 Å². The average molecular weight is 326 g/mol. The number of carbonyl (C=O) groups is 1. The Labute approximate surface area is 128 Å². The molecule has 1 unspecified atom stereocenters. The molecular formula is C15H13F3N2OS. The van der Waals surface area contributed by atoms with Gasteiger partial charge in [0, 0.05) is 5.92 Å². The molecule has 1 atom stereocenters. The Balaban J connectivity index is 1.86. The predicted molar refractivity (Wildman–Crippen MR) is 79.7 cm³/mol. The number of hydrogen-bond acceptors (Lipinski definition) is 3. The van der Waals surface area contributed by atoms with Crippen LogP contribution in [0.1, 0.15) is 24.8 Å². The number of nitrogens with zero attached hydrogens (tertiary/aromatic N) is 1. The third kappa shape index (κ3) is 2.99. The van der Waals surface area contributed by atoms with E-state index in [-0.39, 0.29) is 22.5 Å². The minimum absolute atomic E-state index is 0.112. The van der Waals surface area contributed by atoms with Crippen LogP contribution in [0.4, 0.5) is 18.3 Å². The van der Waals surface area contributed by atoms with Crippen LogP contribution in [-0.4, -0.2) is 10.9 Å². The minimum atomic E-state index is -4.46. The highest BCUT2D eigenvalue weighted by atomic mass is 32.1. The fourth-order valence-electron chi connectivity index (χ4n) is 2.47. The Bertz CT molecular complexity index is 736. The van der Waals surface area contributed by atoms with E-state index in [2.05, 4.69) is 10.3 Å². The van der Waals surface area contributed by atoms with Crippen molar-refractivity contribution in [2.45, 2.75) is 25.4 Å². The molecule has 2 aromatic rings. The minimum Gasteiger partial charge on any atom is -0.302 e. The first-order valence-corrected chi connectivity index (χ1v) is 7.69. The summed E-state index contributed by atoms with van der Waals surface area (Å²) < 4.78 is 39.3. The molecule has 1 amide bonds. The maximum atomic E-state index is 13.0. The molecule has 3 rings (SSSR count). The van der Waals surface area contributed by atoms with Gasteiger partial charge in [-0.3, -0.25) is 4.79 Å². The molecule has 7 heteroatoms. The number of rotatable bonds is 2. The van der Waals surface area contributed by atoms with E-state index in [1.807, 2.05) is 12.2 Å². The molecule has 0 saturated carbocycles. The summed E-state index contributed by atoms with van der Waals surface area (Å²) in [5, 5.41) is 2.86. The van der Waals surface area contributed by atoms with Crippen molar-refractivity contribution >= 4 is 32.6 Å². The third-order valence-electron chi connectivity index (χ3n) is 3.59. The molecule has 0 radical (unpaired) electrons. The molecule has 0 aliphatic heterocycles. The first-order chi connectivity index (χ1) is 10.4. The lowest BCUT2D eigenvalue weighted by molar-refractivity contribution is -0.136. The summed E-state index contributed by atoms with van der Waals surface area (Å²) in [4.78, 5) is 16.1. The van der Waals surface area contributed by atoms with Crippen LogP contribution < -0.4 is 5.32 Å². The number of carbonyl (C=O) groups excluding carboxylic acids is 1. The van der Waals surface area contributed by atoms with Crippen molar-refractivity contribution < 1.29 is 18.0 Å². The number of alkyl halides is 3. The van der Waals surface area contributed by atoms with Crippen LogP contribution in [0.3, 0.4) is 0 Å². The van der Waals surface area contributed by atoms with E-state index in [0.717, 1.165) is 30.2 Å². The summed E-state index contributed by atoms with van der Waals surface area (Å²) in [6.45, 7) is 0. The number of para-hydroxylation sites is 1. The van der Waals surface area contributed by atoms with Gasteiger partial charge < -0.3 is 5.32 Å². The summed E-state index contributed by atoms with van der Waals surface area (Å²) in [5.41, 5.74) is -0.888. The zero-order valence-electron chi connectivity index (χ0n) is 11.5. The van der Waals surface area contributed by atoms with Gasteiger partial charge >= 0.3 is 6.18 Å². The second kappa shape index (κ2) is 5.72. The van der Waals surface area contributed by atoms with Crippen molar-refractivity contribution in [3.8, 4) is 0 Å². The number of anilines is 1. The fourth-order valence-corrected chi connectivity index (χ4v) is 3.37. The smallest absolute Gasteiger partial charge is 0.302 e. The number of nitrogens with one attached hydrogen (secondary N) is 1. The van der Waals surface area contributed by atoms with Crippen molar-refractivity contribution in [1.82, 2.24) is 4.98 Å². The Morgan fingerprint density at radius 2 is 2.14 bits per heavy atom. The maximum Gasteiger partial charge on any atom is 0.418 e. The normalized spacial score (nSPS) is 18.6. The number of amides is 1. The second-order valence-electron chi connectivity index (χ2n) is 5.14. The molecule has 0 spiro atoms. The molecule has 1 aromatic heterocycles. The summed E-state index contributed by atoms with van der Waals surface area (Å²) in [6.07, 6.45) is 1.77. The zero-order valence-corrected chi connectivity index (χ0v) is 12.3. The molecule has 0 saturated heterocycles. The van der Waals surface area contributed by atoms with Crippen molar-refractivity contribution in [2.24, 2.45) is 5.92 Å². The summed E-state index contributed by atoms with van der Waals surface area (Å²) in [5.74, 6) is -0.323. The zero-order chi connectivity index (χ0) is 15.7. The van der Waals surface area contributed by atoms with Crippen molar-refractivity contribution in [3.05, 3.63) is 35.9 Å². The Hall–Kier alpha value is -1.89. The highest BCUT2D eigenvalue weighted by Gasteiger charge is 2.34. The lowest BCUT2D eigenvalue weighted by Crippen LogP contribution is -2.23. The standard InChI is InChI=1S/C15H13F3N2OS/c16-15(17,18)10-7-4-8-11-12(10)19-14(22-11)20-13(21)9-5-2-1-3-6-9/h1-2,4,7-9H,3,5-6H2,(H,19,20,21). The van der Waals surface area contributed by atoms with Crippen LogP contribution in [0.15, 0.2) is 30.4 Å². The number of hydrogen-bond donors (Lipinski definition) is 1. The maximum absolute atomic E-state index is 13.0. The van der Waals surface area contributed by atoms with Gasteiger partial charge in [0.05, 0.1) is 15.8 Å². The molecule has 1 aliphatic carbocycles. The van der Waals surface area contributed by atoms with E-state index >= 15 is 0 Å². The second-order valence-corrected chi connectivity index (χ2v) is 6.17. The summed E-state index contributed by atoms with van der Waals surface area (Å²) >= 11 is 1.06. The molecular weight excluding hydrogens is 313 g/mol. The lowest BCUT2D eigenvalue weighted by atomic mass is 9.94. The molecule has 116 valence electrons. The predicted octanol–water partition coefficient (Wildman–Crippen LogP) is 4.61. The van der Waals surface area contributed by atoms with Crippen molar-refractivity contribution in [2.75, 3.05) is 5.32 Å². The van der Waals surface area contributed by atoms with E-state index < -0.39 is 11.7 Å². The van der Waals surface area contributed by atoms with E-state index in [1.165, 1.54) is 6.07 Å². The van der Waals surface area contributed by atoms with Crippen molar-refractivity contribution in [1.29, 1.82) is 0 Å². The van der Waals surface area contributed by atoms with Gasteiger partial charge in [-0.2, -0.15) is 13.2 Å². The first-order valence-electron chi connectivity index (χ1n) is 6.88. The molecule has 3 nitrogen and oxygen atoms in total. The number of aromatic nitrogens is 1. The van der Waals surface area contributed by atoms with Gasteiger partial charge in [-0.05, 0) is 31.4 Å². The molecule has 1 aliphatic rings. The number of allylic oxidation sites excluding steroid dienone is 2. The number of benzene rings is 1. The molecule has 1 heterocycles. The lowest BCUT2D eigenvalue weighted by Gasteiger charge is -2.15. The molecule has 1 N–H and O–H groups in total. The van der Waals surface area contributed by atoms with E-state index in [4.69, 9.17) is 0 Å². The van der Waals surface area contributed by atoms with Crippen molar-refractivity contribution in [3.63, 3.8) is 0 Å². The third-order valence-corrected chi connectivity index (χ3v) is 4.53. The summed E-state index contributed by atoms with van der Waals surface area (Å²) in [6, 6.07) is 3.92. The largest absolute Gasteiger partial charge is 0.418 e. The quantitative estimate of drug-likeness (QED) is 0.819. The van der Waals surface area contributed by atoms with Gasteiger partial charge in [-0.1, -0.05) is 29.6 Å².